The molecule has 0 radical (unpaired) electrons. The molecule has 0 aromatic rings. The minimum atomic E-state index is -6.72. The Bertz CT molecular complexity index is 688. The number of carbonyl (C=O) groups excluding carboxylic acids is 1. The number of likely N-dealkylation sites (N-methyl/N-ethyl adjacent to an activating group) is 1. The third-order valence-corrected chi connectivity index (χ3v) is 5.33. The molecule has 0 saturated carbocycles. The summed E-state index contributed by atoms with van der Waals surface area (Å²) in [5, 5.41) is 8.72. The van der Waals surface area contributed by atoms with E-state index in [0.717, 1.165) is 10.2 Å². The van der Waals surface area contributed by atoms with Crippen LogP contribution in [0.3, 0.4) is 0 Å². The van der Waals surface area contributed by atoms with E-state index in [1.54, 1.807) is 0 Å². The van der Waals surface area contributed by atoms with Crippen LogP contribution < -0.4 is 0 Å². The maximum atomic E-state index is 11.4. The number of hydrogen-bond donors (Lipinski definition) is 1. The summed E-state index contributed by atoms with van der Waals surface area (Å²) in [6, 6.07) is 0. The van der Waals surface area contributed by atoms with Crippen LogP contribution in [0, 0.1) is 0 Å². The highest BCUT2D eigenvalue weighted by atomic mass is 32.3. The fraction of sp³-hybridized carbons (Fsp3) is 0.727. The van der Waals surface area contributed by atoms with Crippen LogP contribution in [0.2, 0.25) is 0 Å². The van der Waals surface area contributed by atoms with Gasteiger partial charge in [0.25, 0.3) is 0 Å². The summed E-state index contributed by atoms with van der Waals surface area (Å²) in [7, 11) is -9.50. The van der Waals surface area contributed by atoms with Crippen molar-refractivity contribution in [3.63, 3.8) is 0 Å². The number of rotatable bonds is 8. The van der Waals surface area contributed by atoms with E-state index in [0.29, 0.717) is 24.2 Å². The van der Waals surface area contributed by atoms with Crippen molar-refractivity contribution >= 4 is 26.0 Å². The maximum Gasteiger partial charge on any atom is 0.480 e. The Morgan fingerprint density at radius 2 is 1.43 bits per heavy atom. The van der Waals surface area contributed by atoms with Crippen molar-refractivity contribution in [3.05, 3.63) is 16.8 Å². The minimum Gasteiger partial charge on any atom is -0.457 e. The number of aliphatic hydroxyl groups excluding tert-OH is 1. The van der Waals surface area contributed by atoms with Gasteiger partial charge < -0.3 is 18.5 Å². The average Bonchev–Trinajstić information content (AvgIpc) is 2.43. The molecule has 0 bridgehead atoms. The van der Waals surface area contributed by atoms with Gasteiger partial charge in [0.15, 0.2) is 20.0 Å². The van der Waals surface area contributed by atoms with Gasteiger partial charge in [-0.1, -0.05) is 6.58 Å². The van der Waals surface area contributed by atoms with Crippen LogP contribution in [0.1, 0.15) is 0 Å². The quantitative estimate of drug-likeness (QED) is 0.242. The van der Waals surface area contributed by atoms with Gasteiger partial charge in [0.1, 0.15) is 19.7 Å². The lowest BCUT2D eigenvalue weighted by atomic mass is 10.4. The largest absolute Gasteiger partial charge is 0.480 e. The van der Waals surface area contributed by atoms with Gasteiger partial charge in [-0.05, 0) is 0 Å². The molecule has 0 saturated heterocycles. The smallest absolute Gasteiger partial charge is 0.457 e. The van der Waals surface area contributed by atoms with Gasteiger partial charge in [-0.2, -0.15) is 26.3 Å². The van der Waals surface area contributed by atoms with Crippen LogP contribution in [-0.4, -0.2) is 83.8 Å². The van der Waals surface area contributed by atoms with Gasteiger partial charge in [-0.25, -0.2) is 21.6 Å². The van der Waals surface area contributed by atoms with Crippen LogP contribution >= 0.6 is 0 Å². The van der Waals surface area contributed by atoms with Crippen molar-refractivity contribution in [3.8, 4) is 0 Å². The van der Waals surface area contributed by atoms with Gasteiger partial charge in [0, 0.05) is 6.08 Å². The molecule has 0 atom stereocenters. The summed E-state index contributed by atoms with van der Waals surface area (Å²) in [6.45, 7) is 5.15. The predicted molar refractivity (Wildman–Crippen MR) is 83.4 cm³/mol. The van der Waals surface area contributed by atoms with Crippen molar-refractivity contribution in [1.29, 1.82) is 0 Å². The number of alkyl halides is 6. The maximum absolute atomic E-state index is 11.4. The molecule has 0 heterocycles. The Hall–Kier alpha value is -1.43. The van der Waals surface area contributed by atoms with Crippen molar-refractivity contribution in [2.75, 3.05) is 40.4 Å². The van der Waals surface area contributed by atoms with E-state index in [-0.39, 0.29) is 6.61 Å². The van der Waals surface area contributed by atoms with Gasteiger partial charge in [0.2, 0.25) is 0 Å². The molecule has 0 unspecified atom stereocenters. The van der Waals surface area contributed by atoms with Crippen LogP contribution in [0.5, 0.6) is 0 Å². The first-order chi connectivity index (χ1) is 12.2. The zero-order valence-electron chi connectivity index (χ0n) is 14.5. The first kappa shape index (κ1) is 28.8. The molecule has 0 aliphatic heterocycles. The highest BCUT2D eigenvalue weighted by Crippen LogP contribution is 2.36. The summed E-state index contributed by atoms with van der Waals surface area (Å²) in [5.74, 6) is -0.399. The van der Waals surface area contributed by atoms with E-state index in [1.807, 2.05) is 14.1 Å². The van der Waals surface area contributed by atoms with E-state index in [1.165, 1.54) is 0 Å². The molecule has 9 nitrogen and oxygen atoms in total. The van der Waals surface area contributed by atoms with Gasteiger partial charge in [-0.15, -0.1) is 0 Å². The second-order valence-corrected chi connectivity index (χ2v) is 8.82. The number of esters is 1. The zero-order chi connectivity index (χ0) is 23.0. The SMILES string of the molecule is C=CC(=O)OCC[N+](C)(C)CCO.O=S(=O)([N-]S(=O)(=O)C(F)(F)F)C(F)(F)F. The molecule has 0 aromatic carbocycles. The molecular formula is C11H18F6N2O7S2. The third-order valence-electron chi connectivity index (χ3n) is 2.59. The van der Waals surface area contributed by atoms with Crippen molar-refractivity contribution < 1.29 is 62.3 Å². The Labute approximate surface area is 157 Å². The number of nitrogens with zero attached hydrogens (tertiary/aromatic N) is 2. The van der Waals surface area contributed by atoms with Gasteiger partial charge in [0.05, 0.1) is 20.7 Å². The molecule has 0 rings (SSSR count). The molecule has 0 spiro atoms. The van der Waals surface area contributed by atoms with Crippen LogP contribution in [0.4, 0.5) is 26.3 Å². The molecular weight excluding hydrogens is 450 g/mol. The van der Waals surface area contributed by atoms with E-state index in [2.05, 4.69) is 6.58 Å². The monoisotopic (exact) mass is 468 g/mol. The molecule has 0 fully saturated rings. The summed E-state index contributed by atoms with van der Waals surface area (Å²) < 4.78 is 115. The predicted octanol–water partition coefficient (Wildman–Crippen LogP) is 0.844. The first-order valence-corrected chi connectivity index (χ1v) is 9.69. The van der Waals surface area contributed by atoms with Gasteiger partial charge >= 0.3 is 17.0 Å². The second-order valence-electron chi connectivity index (χ2n) is 5.39. The molecule has 17 heteroatoms. The Morgan fingerprint density at radius 3 is 1.71 bits per heavy atom. The average molecular weight is 468 g/mol. The second kappa shape index (κ2) is 10.4. The van der Waals surface area contributed by atoms with Crippen molar-refractivity contribution in [1.82, 2.24) is 0 Å². The molecule has 0 amide bonds. The fourth-order valence-corrected chi connectivity index (χ4v) is 2.76. The number of sulfonamides is 2. The topological polar surface area (TPSA) is 129 Å². The van der Waals surface area contributed by atoms with Crippen LogP contribution in [0.15, 0.2) is 12.7 Å². The summed E-state index contributed by atoms with van der Waals surface area (Å²) in [4.78, 5) is 10.7. The van der Waals surface area contributed by atoms with Crippen molar-refractivity contribution in [2.24, 2.45) is 0 Å². The van der Waals surface area contributed by atoms with Crippen LogP contribution in [-0.2, 0) is 29.6 Å². The number of aliphatic hydroxyl groups is 1. The Balaban J connectivity index is 0. The lowest BCUT2D eigenvalue weighted by Gasteiger charge is -2.28. The number of ether oxygens (including phenoxy) is 1. The third kappa shape index (κ3) is 10.8. The number of quaternary nitrogens is 1. The number of carbonyl (C=O) groups is 1. The molecule has 28 heavy (non-hydrogen) atoms. The first-order valence-electron chi connectivity index (χ1n) is 6.81. The Kier molecular flexibility index (Phi) is 10.7. The van der Waals surface area contributed by atoms with E-state index >= 15 is 0 Å². The van der Waals surface area contributed by atoms with Gasteiger partial charge in [-0.3, -0.25) is 0 Å². The number of hydrogen-bond acceptors (Lipinski definition) is 7. The standard InChI is InChI=1S/C9H18NO3.C2F6NO4S2/c1-4-9(12)13-8-6-10(2,3)5-7-11;3-1(4,5)14(10,11)9-15(12,13)2(6,7)8/h4,11H,1,5-8H2,2-3H3;/q+1;-1. The van der Waals surface area contributed by atoms with E-state index in [9.17, 15) is 48.0 Å². The van der Waals surface area contributed by atoms with E-state index in [4.69, 9.17) is 9.84 Å². The normalized spacial score (nSPS) is 13.3. The molecule has 168 valence electrons. The number of halogens is 6. The lowest BCUT2D eigenvalue weighted by Crippen LogP contribution is -2.44. The highest BCUT2D eigenvalue weighted by molar-refractivity contribution is 8.13. The summed E-state index contributed by atoms with van der Waals surface area (Å²) in [6.07, 6.45) is 1.14. The Morgan fingerprint density at radius 1 is 1.04 bits per heavy atom. The van der Waals surface area contributed by atoms with E-state index < -0.39 is 37.0 Å². The summed E-state index contributed by atoms with van der Waals surface area (Å²) in [5.41, 5.74) is -12.4. The molecule has 0 aliphatic rings. The molecule has 0 aromatic heterocycles. The molecule has 0 aliphatic carbocycles. The minimum absolute atomic E-state index is 0.141. The zero-order valence-corrected chi connectivity index (χ0v) is 16.1. The fourth-order valence-electron chi connectivity index (χ4n) is 1.05. The summed E-state index contributed by atoms with van der Waals surface area (Å²) >= 11 is 0. The van der Waals surface area contributed by atoms with Crippen molar-refractivity contribution in [2.45, 2.75) is 11.0 Å². The van der Waals surface area contributed by atoms with Crippen LogP contribution in [0.25, 0.3) is 4.13 Å². The molecule has 1 N–H and O–H groups in total. The highest BCUT2D eigenvalue weighted by Gasteiger charge is 2.46. The lowest BCUT2D eigenvalue weighted by molar-refractivity contribution is -0.890.